The Labute approximate surface area is 186 Å². The number of nitrogens with zero attached hydrogens (tertiary/aromatic N) is 3. The van der Waals surface area contributed by atoms with Gasteiger partial charge in [0.2, 0.25) is 0 Å². The van der Waals surface area contributed by atoms with Gasteiger partial charge in [0.25, 0.3) is 11.6 Å². The second-order valence-corrected chi connectivity index (χ2v) is 7.28. The molecule has 2 aromatic carbocycles. The monoisotopic (exact) mass is 438 g/mol. The number of nitro benzene ring substituents is 1. The number of methoxy groups -OCH3 is 1. The predicted octanol–water partition coefficient (Wildman–Crippen LogP) is 4.01. The van der Waals surface area contributed by atoms with Crippen LogP contribution >= 0.6 is 0 Å². The van der Waals surface area contributed by atoms with Crippen LogP contribution in [0.2, 0.25) is 0 Å². The number of amides is 1. The van der Waals surface area contributed by atoms with E-state index in [1.54, 1.807) is 31.2 Å². The highest BCUT2D eigenvalue weighted by molar-refractivity contribution is 5.95. The third kappa shape index (κ3) is 5.92. The Kier molecular flexibility index (Phi) is 7.93. The van der Waals surface area contributed by atoms with Gasteiger partial charge in [-0.1, -0.05) is 35.5 Å². The van der Waals surface area contributed by atoms with E-state index in [9.17, 15) is 14.9 Å². The fraction of sp³-hybridized carbons (Fsp3) is 0.304. The number of rotatable bonds is 11. The molecule has 168 valence electrons. The Hall–Kier alpha value is -3.72. The Morgan fingerprint density at radius 1 is 1.22 bits per heavy atom. The first-order valence-corrected chi connectivity index (χ1v) is 10.3. The zero-order valence-corrected chi connectivity index (χ0v) is 18.1. The zero-order chi connectivity index (χ0) is 22.9. The van der Waals surface area contributed by atoms with Crippen molar-refractivity contribution in [2.45, 2.75) is 12.8 Å². The van der Waals surface area contributed by atoms with E-state index in [-0.39, 0.29) is 17.2 Å². The highest BCUT2D eigenvalue weighted by Gasteiger charge is 2.19. The summed E-state index contributed by atoms with van der Waals surface area (Å²) in [6.07, 6.45) is 1.30. The number of aromatic nitrogens is 1. The largest absolute Gasteiger partial charge is 0.383 e. The topological polar surface area (TPSA) is 111 Å². The fourth-order valence-electron chi connectivity index (χ4n) is 3.24. The maximum atomic E-state index is 12.7. The summed E-state index contributed by atoms with van der Waals surface area (Å²) in [7, 11) is 3.23. The number of nitro groups is 1. The molecule has 0 aliphatic rings. The van der Waals surface area contributed by atoms with Gasteiger partial charge >= 0.3 is 0 Å². The molecule has 0 radical (unpaired) electrons. The SMILES string of the molecule is COCCNc1ccc(C(=O)N(C)CCCc2cc(-c3ccccc3)no2)cc1[N+](=O)[O-]. The minimum atomic E-state index is -0.500. The molecule has 0 saturated heterocycles. The Balaban J connectivity index is 1.57. The summed E-state index contributed by atoms with van der Waals surface area (Å²) in [5, 5.41) is 18.5. The van der Waals surface area contributed by atoms with E-state index < -0.39 is 4.92 Å². The molecule has 1 amide bonds. The number of benzene rings is 2. The van der Waals surface area contributed by atoms with Gasteiger partial charge in [0.05, 0.1) is 11.5 Å². The summed E-state index contributed by atoms with van der Waals surface area (Å²) in [6, 6.07) is 16.1. The van der Waals surface area contributed by atoms with Crippen molar-refractivity contribution in [3.63, 3.8) is 0 Å². The molecule has 0 saturated carbocycles. The van der Waals surface area contributed by atoms with Crippen molar-refractivity contribution in [2.75, 3.05) is 39.2 Å². The lowest BCUT2D eigenvalue weighted by atomic mass is 10.1. The zero-order valence-electron chi connectivity index (χ0n) is 18.1. The average Bonchev–Trinajstić information content (AvgIpc) is 3.28. The maximum Gasteiger partial charge on any atom is 0.293 e. The molecule has 0 spiro atoms. The molecule has 1 aromatic heterocycles. The molecule has 0 bridgehead atoms. The predicted molar refractivity (Wildman–Crippen MR) is 121 cm³/mol. The lowest BCUT2D eigenvalue weighted by molar-refractivity contribution is -0.384. The number of anilines is 1. The van der Waals surface area contributed by atoms with Gasteiger partial charge in [-0.3, -0.25) is 14.9 Å². The van der Waals surface area contributed by atoms with E-state index in [1.165, 1.54) is 6.07 Å². The highest BCUT2D eigenvalue weighted by Crippen LogP contribution is 2.26. The fourth-order valence-corrected chi connectivity index (χ4v) is 3.24. The van der Waals surface area contributed by atoms with Gasteiger partial charge in [-0.05, 0) is 18.6 Å². The van der Waals surface area contributed by atoms with Gasteiger partial charge in [0.15, 0.2) is 0 Å². The van der Waals surface area contributed by atoms with Gasteiger partial charge in [-0.25, -0.2) is 0 Å². The lowest BCUT2D eigenvalue weighted by Crippen LogP contribution is -2.28. The first-order valence-electron chi connectivity index (χ1n) is 10.3. The van der Waals surface area contributed by atoms with Gasteiger partial charge < -0.3 is 19.5 Å². The lowest BCUT2D eigenvalue weighted by Gasteiger charge is -2.17. The van der Waals surface area contributed by atoms with Crippen LogP contribution in [0.4, 0.5) is 11.4 Å². The third-order valence-electron chi connectivity index (χ3n) is 4.95. The molecule has 9 nitrogen and oxygen atoms in total. The van der Waals surface area contributed by atoms with Crippen molar-refractivity contribution in [1.82, 2.24) is 10.1 Å². The normalized spacial score (nSPS) is 10.7. The molecule has 0 aliphatic heterocycles. The third-order valence-corrected chi connectivity index (χ3v) is 4.95. The number of hydrogen-bond acceptors (Lipinski definition) is 7. The van der Waals surface area contributed by atoms with E-state index in [4.69, 9.17) is 9.26 Å². The molecule has 1 N–H and O–H groups in total. The number of aryl methyl sites for hydroxylation is 1. The Bertz CT molecular complexity index is 1050. The maximum absolute atomic E-state index is 12.7. The smallest absolute Gasteiger partial charge is 0.293 e. The van der Waals surface area contributed by atoms with Gasteiger partial charge in [-0.2, -0.15) is 0 Å². The summed E-state index contributed by atoms with van der Waals surface area (Å²) in [6.45, 7) is 1.32. The Morgan fingerprint density at radius 2 is 2.00 bits per heavy atom. The van der Waals surface area contributed by atoms with Gasteiger partial charge in [0.1, 0.15) is 17.1 Å². The molecule has 0 fully saturated rings. The summed E-state index contributed by atoms with van der Waals surface area (Å²) in [5.41, 5.74) is 2.23. The quantitative estimate of drug-likeness (QED) is 0.273. The van der Waals surface area contributed by atoms with Crippen LogP contribution in [-0.4, -0.2) is 54.7 Å². The molecular formula is C23H26N4O5. The van der Waals surface area contributed by atoms with Crippen LogP contribution in [0.5, 0.6) is 0 Å². The van der Waals surface area contributed by atoms with E-state index in [2.05, 4.69) is 10.5 Å². The minimum Gasteiger partial charge on any atom is -0.383 e. The molecule has 3 rings (SSSR count). The van der Waals surface area contributed by atoms with Crippen LogP contribution < -0.4 is 5.32 Å². The molecule has 1 heterocycles. The average molecular weight is 438 g/mol. The molecule has 0 aliphatic carbocycles. The number of carbonyl (C=O) groups is 1. The van der Waals surface area contributed by atoms with Crippen molar-refractivity contribution < 1.29 is 19.0 Å². The minimum absolute atomic E-state index is 0.143. The van der Waals surface area contributed by atoms with Gasteiger partial charge in [-0.15, -0.1) is 0 Å². The molecule has 3 aromatic rings. The number of hydrogen-bond donors (Lipinski definition) is 1. The van der Waals surface area contributed by atoms with Crippen LogP contribution in [0.25, 0.3) is 11.3 Å². The second kappa shape index (κ2) is 11.1. The van der Waals surface area contributed by atoms with Gasteiger partial charge in [0, 0.05) is 56.9 Å². The van der Waals surface area contributed by atoms with Crippen LogP contribution in [-0.2, 0) is 11.2 Å². The van der Waals surface area contributed by atoms with E-state index in [0.29, 0.717) is 38.2 Å². The highest BCUT2D eigenvalue weighted by atomic mass is 16.6. The van der Waals surface area contributed by atoms with Crippen LogP contribution in [0.15, 0.2) is 59.1 Å². The van der Waals surface area contributed by atoms with Crippen molar-refractivity contribution in [3.05, 3.63) is 76.0 Å². The number of carbonyl (C=O) groups excluding carboxylic acids is 1. The van der Waals surface area contributed by atoms with Crippen LogP contribution in [0, 0.1) is 10.1 Å². The first-order chi connectivity index (χ1) is 15.5. The first kappa shape index (κ1) is 23.0. The van der Waals surface area contributed by atoms with Crippen LogP contribution in [0.1, 0.15) is 22.5 Å². The van der Waals surface area contributed by atoms with Crippen LogP contribution in [0.3, 0.4) is 0 Å². The molecule has 0 atom stereocenters. The summed E-state index contributed by atoms with van der Waals surface area (Å²) in [5.74, 6) is 0.464. The van der Waals surface area contributed by atoms with Crippen molar-refractivity contribution in [1.29, 1.82) is 0 Å². The summed E-state index contributed by atoms with van der Waals surface area (Å²) >= 11 is 0. The van der Waals surface area contributed by atoms with E-state index in [0.717, 1.165) is 17.0 Å². The van der Waals surface area contributed by atoms with E-state index >= 15 is 0 Å². The molecular weight excluding hydrogens is 412 g/mol. The van der Waals surface area contributed by atoms with Crippen molar-refractivity contribution >= 4 is 17.3 Å². The second-order valence-electron chi connectivity index (χ2n) is 7.28. The summed E-state index contributed by atoms with van der Waals surface area (Å²) in [4.78, 5) is 25.2. The standard InChI is InChI=1S/C23H26N4O5/c1-26(13-6-9-19-16-21(25-32-19)17-7-4-3-5-8-17)23(28)18-10-11-20(24-12-14-31-2)22(15-18)27(29)30/h3-5,7-8,10-11,15-16,24H,6,9,12-14H2,1-2H3. The molecule has 32 heavy (non-hydrogen) atoms. The van der Waals surface area contributed by atoms with Crippen molar-refractivity contribution in [3.8, 4) is 11.3 Å². The molecule has 9 heteroatoms. The Morgan fingerprint density at radius 3 is 2.72 bits per heavy atom. The molecule has 0 unspecified atom stereocenters. The van der Waals surface area contributed by atoms with E-state index in [1.807, 2.05) is 36.4 Å². The number of ether oxygens (including phenoxy) is 1. The number of nitrogens with one attached hydrogen (secondary N) is 1. The van der Waals surface area contributed by atoms with Crippen molar-refractivity contribution in [2.24, 2.45) is 0 Å². The summed E-state index contributed by atoms with van der Waals surface area (Å²) < 4.78 is 10.3.